The molecule has 1 fully saturated rings. The summed E-state index contributed by atoms with van der Waals surface area (Å²) in [6.07, 6.45) is 0.727. The maximum absolute atomic E-state index is 13.5. The van der Waals surface area contributed by atoms with Gasteiger partial charge in [-0.15, -0.1) is 0 Å². The maximum atomic E-state index is 13.5. The van der Waals surface area contributed by atoms with E-state index in [9.17, 15) is 9.59 Å². The monoisotopic (exact) mass is 467 g/mol. The maximum Gasteiger partial charge on any atom is 0.278 e. The number of nitrogens with one attached hydrogen (secondary N) is 1. The molecule has 2 aliphatic heterocycles. The second-order valence-electron chi connectivity index (χ2n) is 8.72. The van der Waals surface area contributed by atoms with Gasteiger partial charge in [0.2, 0.25) is 0 Å². The number of imide groups is 1. The highest BCUT2D eigenvalue weighted by Gasteiger charge is 2.39. The number of anilines is 1. The molecule has 2 aliphatic rings. The molecule has 2 heterocycles. The molecule has 7 heteroatoms. The number of amides is 2. The molecular formula is C26H30ClN3O3. The van der Waals surface area contributed by atoms with E-state index in [1.54, 1.807) is 6.07 Å². The fourth-order valence-corrected chi connectivity index (χ4v) is 4.64. The topological polar surface area (TPSA) is 61.9 Å². The summed E-state index contributed by atoms with van der Waals surface area (Å²) in [5.41, 5.74) is 5.27. The summed E-state index contributed by atoms with van der Waals surface area (Å²) in [6.45, 7) is 10.4. The number of rotatable bonds is 7. The molecular weight excluding hydrogens is 438 g/mol. The lowest BCUT2D eigenvalue weighted by atomic mass is 9.97. The Hall–Kier alpha value is -2.67. The highest BCUT2D eigenvalue weighted by molar-refractivity contribution is 6.36. The van der Waals surface area contributed by atoms with Crippen LogP contribution in [0.25, 0.3) is 5.57 Å². The number of carbonyl (C=O) groups is 2. The zero-order chi connectivity index (χ0) is 23.5. The van der Waals surface area contributed by atoms with Crippen LogP contribution >= 0.6 is 11.6 Å². The van der Waals surface area contributed by atoms with Crippen LogP contribution in [-0.4, -0.2) is 61.0 Å². The Morgan fingerprint density at radius 2 is 1.70 bits per heavy atom. The average Bonchev–Trinajstić information content (AvgIpc) is 3.01. The van der Waals surface area contributed by atoms with E-state index in [1.165, 1.54) is 4.90 Å². The molecule has 0 saturated carbocycles. The third-order valence-corrected chi connectivity index (χ3v) is 6.46. The SMILES string of the molecule is Cc1ccc(C2=C(Nc3ccc(Cl)cc3C)C(=O)N(CCCN3CCOCC3)C2=O)c(C)c1. The van der Waals surface area contributed by atoms with E-state index >= 15 is 0 Å². The molecule has 1 N–H and O–H groups in total. The van der Waals surface area contributed by atoms with Crippen LogP contribution in [0.4, 0.5) is 5.69 Å². The first kappa shape index (κ1) is 23.5. The number of halogens is 1. The fourth-order valence-electron chi connectivity index (χ4n) is 4.42. The van der Waals surface area contributed by atoms with Crippen LogP contribution in [0.3, 0.4) is 0 Å². The van der Waals surface area contributed by atoms with E-state index in [-0.39, 0.29) is 11.8 Å². The first-order chi connectivity index (χ1) is 15.8. The average molecular weight is 468 g/mol. The Bertz CT molecular complexity index is 1110. The minimum absolute atomic E-state index is 0.247. The highest BCUT2D eigenvalue weighted by Crippen LogP contribution is 2.33. The van der Waals surface area contributed by atoms with E-state index < -0.39 is 0 Å². The van der Waals surface area contributed by atoms with Crippen LogP contribution in [0, 0.1) is 20.8 Å². The molecule has 1 saturated heterocycles. The van der Waals surface area contributed by atoms with Crippen molar-refractivity contribution in [2.24, 2.45) is 0 Å². The number of morpholine rings is 1. The van der Waals surface area contributed by atoms with Crippen LogP contribution in [0.15, 0.2) is 42.1 Å². The molecule has 2 aromatic carbocycles. The minimum atomic E-state index is -0.286. The van der Waals surface area contributed by atoms with Crippen LogP contribution in [0.5, 0.6) is 0 Å². The summed E-state index contributed by atoms with van der Waals surface area (Å²) in [4.78, 5) is 30.7. The molecule has 174 valence electrons. The van der Waals surface area contributed by atoms with Crippen LogP contribution in [0.1, 0.15) is 28.7 Å². The Morgan fingerprint density at radius 1 is 0.939 bits per heavy atom. The van der Waals surface area contributed by atoms with Gasteiger partial charge >= 0.3 is 0 Å². The number of hydrogen-bond acceptors (Lipinski definition) is 5. The summed E-state index contributed by atoms with van der Waals surface area (Å²) in [5, 5.41) is 3.88. The first-order valence-corrected chi connectivity index (χ1v) is 11.7. The first-order valence-electron chi connectivity index (χ1n) is 11.4. The number of benzene rings is 2. The molecule has 0 aliphatic carbocycles. The van der Waals surface area contributed by atoms with Crippen LogP contribution in [0.2, 0.25) is 5.02 Å². The van der Waals surface area contributed by atoms with E-state index in [1.807, 2.05) is 51.1 Å². The number of nitrogens with zero attached hydrogens (tertiary/aromatic N) is 2. The summed E-state index contributed by atoms with van der Waals surface area (Å²) in [6, 6.07) is 11.4. The van der Waals surface area contributed by atoms with Gasteiger partial charge in [-0.2, -0.15) is 0 Å². The summed E-state index contributed by atoms with van der Waals surface area (Å²) >= 11 is 6.11. The van der Waals surface area contributed by atoms with Crippen LogP contribution in [-0.2, 0) is 14.3 Å². The summed E-state index contributed by atoms with van der Waals surface area (Å²) < 4.78 is 5.40. The smallest absolute Gasteiger partial charge is 0.278 e. The second kappa shape index (κ2) is 10.1. The molecule has 0 radical (unpaired) electrons. The lowest BCUT2D eigenvalue weighted by molar-refractivity contribution is -0.136. The van der Waals surface area contributed by atoms with Crippen molar-refractivity contribution in [3.05, 3.63) is 69.4 Å². The van der Waals surface area contributed by atoms with Crippen LogP contribution < -0.4 is 5.32 Å². The zero-order valence-corrected chi connectivity index (χ0v) is 20.2. The Balaban J connectivity index is 1.62. The van der Waals surface area contributed by atoms with E-state index in [4.69, 9.17) is 16.3 Å². The van der Waals surface area contributed by atoms with Gasteiger partial charge in [0.1, 0.15) is 5.70 Å². The van der Waals surface area contributed by atoms with Crippen molar-refractivity contribution >= 4 is 34.7 Å². The van der Waals surface area contributed by atoms with E-state index in [0.717, 1.165) is 67.2 Å². The van der Waals surface area contributed by atoms with E-state index in [2.05, 4.69) is 10.2 Å². The van der Waals surface area contributed by atoms with Crippen molar-refractivity contribution in [3.8, 4) is 0 Å². The van der Waals surface area contributed by atoms with Crippen molar-refractivity contribution in [2.75, 3.05) is 44.7 Å². The van der Waals surface area contributed by atoms with Gasteiger partial charge in [0.05, 0.1) is 18.8 Å². The van der Waals surface area contributed by atoms with Gasteiger partial charge in [-0.25, -0.2) is 0 Å². The van der Waals surface area contributed by atoms with Gasteiger partial charge in [-0.1, -0.05) is 35.4 Å². The predicted octanol–water partition coefficient (Wildman–Crippen LogP) is 4.18. The predicted molar refractivity (Wildman–Crippen MR) is 131 cm³/mol. The third kappa shape index (κ3) is 5.13. The molecule has 2 amide bonds. The molecule has 2 aromatic rings. The highest BCUT2D eigenvalue weighted by atomic mass is 35.5. The largest absolute Gasteiger partial charge is 0.379 e. The molecule has 0 spiro atoms. The van der Waals surface area contributed by atoms with Gasteiger partial charge in [-0.3, -0.25) is 19.4 Å². The Kier molecular flexibility index (Phi) is 7.17. The number of hydrogen-bond donors (Lipinski definition) is 1. The standard InChI is InChI=1S/C26H30ClN3O3/c1-17-5-7-21(18(2)15-17)23-24(28-22-8-6-20(27)16-19(22)3)26(32)30(25(23)31)10-4-9-29-11-13-33-14-12-29/h5-8,15-16,28H,4,9-14H2,1-3H3. The molecule has 0 bridgehead atoms. The van der Waals surface area contributed by atoms with Gasteiger partial charge in [0, 0.05) is 36.9 Å². The normalized spacial score (nSPS) is 17.3. The van der Waals surface area contributed by atoms with Crippen molar-refractivity contribution in [2.45, 2.75) is 27.2 Å². The quantitative estimate of drug-likeness (QED) is 0.619. The van der Waals surface area contributed by atoms with E-state index in [0.29, 0.717) is 22.8 Å². The fraction of sp³-hybridized carbons (Fsp3) is 0.385. The molecule has 0 atom stereocenters. The summed E-state index contributed by atoms with van der Waals surface area (Å²) in [7, 11) is 0. The third-order valence-electron chi connectivity index (χ3n) is 6.23. The molecule has 4 rings (SSSR count). The molecule has 0 aromatic heterocycles. The van der Waals surface area contributed by atoms with Crippen molar-refractivity contribution in [1.29, 1.82) is 0 Å². The van der Waals surface area contributed by atoms with Gasteiger partial charge < -0.3 is 10.1 Å². The number of carbonyl (C=O) groups excluding carboxylic acids is 2. The van der Waals surface area contributed by atoms with Gasteiger partial charge in [-0.05, 0) is 62.1 Å². The van der Waals surface area contributed by atoms with Gasteiger partial charge in [0.25, 0.3) is 11.8 Å². The lowest BCUT2D eigenvalue weighted by Gasteiger charge is -2.27. The molecule has 0 unspecified atom stereocenters. The Labute approximate surface area is 200 Å². The number of ether oxygens (including phenoxy) is 1. The van der Waals surface area contributed by atoms with Crippen molar-refractivity contribution in [1.82, 2.24) is 9.80 Å². The molecule has 33 heavy (non-hydrogen) atoms. The minimum Gasteiger partial charge on any atom is -0.379 e. The van der Waals surface area contributed by atoms with Crippen molar-refractivity contribution < 1.29 is 14.3 Å². The lowest BCUT2D eigenvalue weighted by Crippen LogP contribution is -2.39. The number of aryl methyl sites for hydroxylation is 3. The van der Waals surface area contributed by atoms with Crippen molar-refractivity contribution in [3.63, 3.8) is 0 Å². The Morgan fingerprint density at radius 3 is 2.39 bits per heavy atom. The second-order valence-corrected chi connectivity index (χ2v) is 9.16. The zero-order valence-electron chi connectivity index (χ0n) is 19.4. The molecule has 6 nitrogen and oxygen atoms in total. The van der Waals surface area contributed by atoms with Gasteiger partial charge in [0.15, 0.2) is 0 Å². The summed E-state index contributed by atoms with van der Waals surface area (Å²) in [5.74, 6) is -0.533.